The number of thiophene rings is 1. The van der Waals surface area contributed by atoms with Crippen LogP contribution in [0.5, 0.6) is 0 Å². The first-order valence-electron chi connectivity index (χ1n) is 7.33. The van der Waals surface area contributed by atoms with Crippen LogP contribution < -0.4 is 10.9 Å². The van der Waals surface area contributed by atoms with Crippen LogP contribution in [-0.2, 0) is 11.2 Å². The number of halogens is 1. The second-order valence-corrected chi connectivity index (χ2v) is 6.77. The Bertz CT molecular complexity index is 879. The number of hydrogen-bond donors (Lipinski definition) is 2. The number of rotatable bonds is 5. The summed E-state index contributed by atoms with van der Waals surface area (Å²) in [7, 11) is 0. The highest BCUT2D eigenvalue weighted by Gasteiger charge is 2.13. The van der Waals surface area contributed by atoms with Crippen molar-refractivity contribution in [1.82, 2.24) is 21.0 Å². The lowest BCUT2D eigenvalue weighted by molar-refractivity contribution is -0.121. The zero-order valence-electron chi connectivity index (χ0n) is 12.9. The number of carbonyl (C=O) groups excluding carboxylic acids is 2. The molecule has 0 aliphatic heterocycles. The predicted molar refractivity (Wildman–Crippen MR) is 95.7 cm³/mol. The van der Waals surface area contributed by atoms with Crippen molar-refractivity contribution in [2.75, 3.05) is 0 Å². The molecular weight excluding hydrogens is 408 g/mol. The number of hydrazine groups is 1. The molecule has 0 saturated carbocycles. The van der Waals surface area contributed by atoms with E-state index in [0.29, 0.717) is 21.8 Å². The van der Waals surface area contributed by atoms with Gasteiger partial charge >= 0.3 is 0 Å². The molecule has 3 aromatic rings. The van der Waals surface area contributed by atoms with Crippen LogP contribution in [0.25, 0.3) is 10.7 Å². The van der Waals surface area contributed by atoms with Crippen molar-refractivity contribution in [1.29, 1.82) is 0 Å². The Hall–Kier alpha value is -2.52. The Morgan fingerprint density at radius 1 is 1.16 bits per heavy atom. The molecule has 2 N–H and O–H groups in total. The van der Waals surface area contributed by atoms with Crippen molar-refractivity contribution in [3.63, 3.8) is 0 Å². The van der Waals surface area contributed by atoms with Gasteiger partial charge in [0, 0.05) is 17.3 Å². The zero-order valence-corrected chi connectivity index (χ0v) is 15.3. The maximum absolute atomic E-state index is 12.0. The lowest BCUT2D eigenvalue weighted by Crippen LogP contribution is -2.41. The van der Waals surface area contributed by atoms with E-state index in [9.17, 15) is 9.59 Å². The maximum Gasteiger partial charge on any atom is 0.270 e. The van der Waals surface area contributed by atoms with Crippen LogP contribution in [0.4, 0.5) is 0 Å². The van der Waals surface area contributed by atoms with Gasteiger partial charge in [-0.1, -0.05) is 23.4 Å². The molecule has 2 aromatic heterocycles. The highest BCUT2D eigenvalue weighted by Crippen LogP contribution is 2.21. The van der Waals surface area contributed by atoms with E-state index in [0.717, 1.165) is 4.88 Å². The summed E-state index contributed by atoms with van der Waals surface area (Å²) < 4.78 is 5.77. The summed E-state index contributed by atoms with van der Waals surface area (Å²) in [6.45, 7) is 0. The van der Waals surface area contributed by atoms with Crippen LogP contribution >= 0.6 is 27.3 Å². The first-order chi connectivity index (χ1) is 12.1. The molecule has 0 radical (unpaired) electrons. The van der Waals surface area contributed by atoms with Gasteiger partial charge < -0.3 is 4.52 Å². The Balaban J connectivity index is 1.47. The molecule has 0 atom stereocenters. The van der Waals surface area contributed by atoms with E-state index in [1.807, 2.05) is 17.5 Å². The van der Waals surface area contributed by atoms with Crippen molar-refractivity contribution in [2.24, 2.45) is 0 Å². The van der Waals surface area contributed by atoms with Gasteiger partial charge in [-0.25, -0.2) is 0 Å². The molecule has 0 aliphatic rings. The molecule has 0 unspecified atom stereocenters. The van der Waals surface area contributed by atoms with Gasteiger partial charge in [-0.2, -0.15) is 4.98 Å². The van der Waals surface area contributed by atoms with Crippen LogP contribution in [-0.4, -0.2) is 22.0 Å². The summed E-state index contributed by atoms with van der Waals surface area (Å²) in [6.07, 6.45) is 0.400. The molecule has 0 bridgehead atoms. The summed E-state index contributed by atoms with van der Waals surface area (Å²) >= 11 is 4.79. The highest BCUT2D eigenvalue weighted by molar-refractivity contribution is 9.10. The third kappa shape index (κ3) is 4.52. The molecule has 2 amide bonds. The average Bonchev–Trinajstić information content (AvgIpc) is 3.29. The monoisotopic (exact) mass is 420 g/mol. The average molecular weight is 421 g/mol. The molecule has 9 heteroatoms. The maximum atomic E-state index is 12.0. The summed E-state index contributed by atoms with van der Waals surface area (Å²) in [6, 6.07) is 10.7. The zero-order chi connectivity index (χ0) is 17.6. The number of aromatic nitrogens is 2. The van der Waals surface area contributed by atoms with Gasteiger partial charge in [-0.3, -0.25) is 20.4 Å². The second-order valence-electron chi connectivity index (χ2n) is 4.97. The number of benzene rings is 1. The van der Waals surface area contributed by atoms with Crippen molar-refractivity contribution >= 4 is 39.1 Å². The van der Waals surface area contributed by atoms with Gasteiger partial charge in [0.2, 0.25) is 17.6 Å². The van der Waals surface area contributed by atoms with Crippen LogP contribution in [0.1, 0.15) is 22.7 Å². The van der Waals surface area contributed by atoms with Gasteiger partial charge in [0.1, 0.15) is 0 Å². The van der Waals surface area contributed by atoms with E-state index in [1.165, 1.54) is 11.3 Å². The summed E-state index contributed by atoms with van der Waals surface area (Å²) in [5.41, 5.74) is 5.17. The Labute approximate surface area is 155 Å². The smallest absolute Gasteiger partial charge is 0.270 e. The van der Waals surface area contributed by atoms with E-state index < -0.39 is 5.91 Å². The number of carbonyl (C=O) groups is 2. The van der Waals surface area contributed by atoms with E-state index in [-0.39, 0.29) is 18.7 Å². The summed E-state index contributed by atoms with van der Waals surface area (Å²) in [4.78, 5) is 29.0. The molecule has 0 aliphatic carbocycles. The fourth-order valence-corrected chi connectivity index (χ4v) is 3.10. The fraction of sp³-hybridized carbons (Fsp3) is 0.125. The van der Waals surface area contributed by atoms with E-state index in [1.54, 1.807) is 24.3 Å². The van der Waals surface area contributed by atoms with E-state index >= 15 is 0 Å². The summed E-state index contributed by atoms with van der Waals surface area (Å²) in [5, 5.41) is 5.80. The van der Waals surface area contributed by atoms with Crippen molar-refractivity contribution < 1.29 is 14.1 Å². The third-order valence-electron chi connectivity index (χ3n) is 3.21. The molecule has 7 nitrogen and oxygen atoms in total. The number of aryl methyl sites for hydroxylation is 1. The van der Waals surface area contributed by atoms with E-state index in [4.69, 9.17) is 4.52 Å². The molecule has 0 fully saturated rings. The lowest BCUT2D eigenvalue weighted by atomic mass is 10.2. The fourth-order valence-electron chi connectivity index (χ4n) is 1.98. The predicted octanol–water partition coefficient (Wildman–Crippen LogP) is 2.95. The Morgan fingerprint density at radius 3 is 2.76 bits per heavy atom. The number of amides is 2. The minimum absolute atomic E-state index is 0.113. The number of hydrogen-bond acceptors (Lipinski definition) is 6. The Morgan fingerprint density at radius 2 is 2.00 bits per heavy atom. The van der Waals surface area contributed by atoms with Gasteiger partial charge in [-0.15, -0.1) is 11.3 Å². The SMILES string of the molecule is O=C(CCc1nc(-c2cccs2)no1)NNC(=O)c1ccccc1Br. The lowest BCUT2D eigenvalue weighted by Gasteiger charge is -2.07. The largest absolute Gasteiger partial charge is 0.339 e. The third-order valence-corrected chi connectivity index (χ3v) is 4.77. The van der Waals surface area contributed by atoms with Crippen LogP contribution in [0, 0.1) is 0 Å². The molecule has 25 heavy (non-hydrogen) atoms. The molecule has 2 heterocycles. The van der Waals surface area contributed by atoms with Crippen LogP contribution in [0.3, 0.4) is 0 Å². The number of nitrogens with one attached hydrogen (secondary N) is 2. The van der Waals surface area contributed by atoms with Crippen molar-refractivity contribution in [2.45, 2.75) is 12.8 Å². The van der Waals surface area contributed by atoms with E-state index in [2.05, 4.69) is 36.9 Å². The molecule has 128 valence electrons. The quantitative estimate of drug-likeness (QED) is 0.618. The van der Waals surface area contributed by atoms with Crippen LogP contribution in [0.2, 0.25) is 0 Å². The first kappa shape index (κ1) is 17.3. The van der Waals surface area contributed by atoms with Crippen molar-refractivity contribution in [3.8, 4) is 10.7 Å². The van der Waals surface area contributed by atoms with Gasteiger partial charge in [-0.05, 0) is 39.5 Å². The molecule has 1 aromatic carbocycles. The van der Waals surface area contributed by atoms with Crippen molar-refractivity contribution in [3.05, 3.63) is 57.7 Å². The van der Waals surface area contributed by atoms with Gasteiger partial charge in [0.25, 0.3) is 5.91 Å². The minimum Gasteiger partial charge on any atom is -0.339 e. The Kier molecular flexibility index (Phi) is 5.56. The van der Waals surface area contributed by atoms with Crippen LogP contribution in [0.15, 0.2) is 50.8 Å². The highest BCUT2D eigenvalue weighted by atomic mass is 79.9. The molecule has 3 rings (SSSR count). The normalized spacial score (nSPS) is 10.4. The minimum atomic E-state index is -0.404. The molecule has 0 spiro atoms. The second kappa shape index (κ2) is 8.04. The van der Waals surface area contributed by atoms with Gasteiger partial charge in [0.05, 0.1) is 10.4 Å². The first-order valence-corrected chi connectivity index (χ1v) is 9.01. The molecule has 0 saturated heterocycles. The standard InChI is InChI=1S/C16H13BrN4O3S/c17-11-5-2-1-4-10(11)16(23)20-19-13(22)7-8-14-18-15(21-24-14)12-6-3-9-25-12/h1-6,9H,7-8H2,(H,19,22)(H,20,23). The summed E-state index contributed by atoms with van der Waals surface area (Å²) in [5.74, 6) is 0.123. The van der Waals surface area contributed by atoms with Gasteiger partial charge in [0.15, 0.2) is 0 Å². The molecular formula is C16H13BrN4O3S. The number of nitrogens with zero attached hydrogens (tertiary/aromatic N) is 2. The topological polar surface area (TPSA) is 97.1 Å².